The SMILES string of the molecule is Cc1cnc(Nc2cnc3ccccc3c2)nc1NC1CC1. The molecule has 1 saturated carbocycles. The van der Waals surface area contributed by atoms with Crippen molar-refractivity contribution in [2.24, 2.45) is 0 Å². The normalized spacial score (nSPS) is 14.0. The molecule has 0 bridgehead atoms. The van der Waals surface area contributed by atoms with E-state index < -0.39 is 0 Å². The van der Waals surface area contributed by atoms with Gasteiger partial charge in [-0.3, -0.25) is 4.98 Å². The topological polar surface area (TPSA) is 62.7 Å². The van der Waals surface area contributed by atoms with E-state index >= 15 is 0 Å². The van der Waals surface area contributed by atoms with E-state index in [2.05, 4.69) is 31.7 Å². The fourth-order valence-electron chi connectivity index (χ4n) is 2.34. The zero-order valence-corrected chi connectivity index (χ0v) is 12.4. The van der Waals surface area contributed by atoms with E-state index in [0.717, 1.165) is 28.0 Å². The molecule has 2 aromatic heterocycles. The van der Waals surface area contributed by atoms with Gasteiger partial charge in [-0.05, 0) is 31.9 Å². The summed E-state index contributed by atoms with van der Waals surface area (Å²) in [4.78, 5) is 13.4. The van der Waals surface area contributed by atoms with Gasteiger partial charge in [-0.25, -0.2) is 4.98 Å². The van der Waals surface area contributed by atoms with E-state index in [1.807, 2.05) is 37.4 Å². The summed E-state index contributed by atoms with van der Waals surface area (Å²) in [6.45, 7) is 2.02. The fraction of sp³-hybridized carbons (Fsp3) is 0.235. The van der Waals surface area contributed by atoms with Gasteiger partial charge >= 0.3 is 0 Å². The third-order valence-corrected chi connectivity index (χ3v) is 3.74. The van der Waals surface area contributed by atoms with Gasteiger partial charge in [0.25, 0.3) is 0 Å². The van der Waals surface area contributed by atoms with Crippen molar-refractivity contribution in [3.63, 3.8) is 0 Å². The van der Waals surface area contributed by atoms with Crippen LogP contribution < -0.4 is 10.6 Å². The van der Waals surface area contributed by atoms with Crippen LogP contribution >= 0.6 is 0 Å². The van der Waals surface area contributed by atoms with Gasteiger partial charge in [0.15, 0.2) is 0 Å². The number of rotatable bonds is 4. The minimum Gasteiger partial charge on any atom is -0.367 e. The molecule has 0 spiro atoms. The maximum Gasteiger partial charge on any atom is 0.229 e. The summed E-state index contributed by atoms with van der Waals surface area (Å²) in [7, 11) is 0. The van der Waals surface area contributed by atoms with Crippen LogP contribution in [-0.2, 0) is 0 Å². The van der Waals surface area contributed by atoms with Crippen LogP contribution in [0.25, 0.3) is 10.9 Å². The molecule has 4 rings (SSSR count). The highest BCUT2D eigenvalue weighted by molar-refractivity contribution is 5.82. The minimum atomic E-state index is 0.573. The van der Waals surface area contributed by atoms with Crippen LogP contribution in [0.4, 0.5) is 17.5 Å². The molecule has 0 saturated heterocycles. The van der Waals surface area contributed by atoms with Crippen molar-refractivity contribution in [1.29, 1.82) is 0 Å². The van der Waals surface area contributed by atoms with Crippen LogP contribution in [0.2, 0.25) is 0 Å². The molecule has 1 aliphatic rings. The summed E-state index contributed by atoms with van der Waals surface area (Å²) >= 11 is 0. The zero-order valence-electron chi connectivity index (χ0n) is 12.4. The van der Waals surface area contributed by atoms with E-state index in [-0.39, 0.29) is 0 Å². The van der Waals surface area contributed by atoms with Gasteiger partial charge in [-0.2, -0.15) is 4.98 Å². The van der Waals surface area contributed by atoms with Crippen LogP contribution in [0.3, 0.4) is 0 Å². The number of para-hydroxylation sites is 1. The molecule has 1 aliphatic carbocycles. The second-order valence-corrected chi connectivity index (χ2v) is 5.69. The van der Waals surface area contributed by atoms with Gasteiger partial charge in [0.05, 0.1) is 17.4 Å². The second-order valence-electron chi connectivity index (χ2n) is 5.69. The maximum atomic E-state index is 4.57. The Morgan fingerprint density at radius 3 is 2.82 bits per heavy atom. The molecule has 0 unspecified atom stereocenters. The molecule has 1 fully saturated rings. The fourth-order valence-corrected chi connectivity index (χ4v) is 2.34. The first kappa shape index (κ1) is 13.0. The van der Waals surface area contributed by atoms with Gasteiger partial charge < -0.3 is 10.6 Å². The number of fused-ring (bicyclic) bond motifs is 1. The lowest BCUT2D eigenvalue weighted by atomic mass is 10.2. The quantitative estimate of drug-likeness (QED) is 0.768. The molecular formula is C17H17N5. The number of hydrogen-bond donors (Lipinski definition) is 2. The Labute approximate surface area is 128 Å². The largest absolute Gasteiger partial charge is 0.367 e. The molecule has 5 heteroatoms. The number of nitrogens with one attached hydrogen (secondary N) is 2. The Kier molecular flexibility index (Phi) is 3.11. The first-order chi connectivity index (χ1) is 10.8. The highest BCUT2D eigenvalue weighted by atomic mass is 15.2. The molecule has 5 nitrogen and oxygen atoms in total. The van der Waals surface area contributed by atoms with Gasteiger partial charge in [0, 0.05) is 23.2 Å². The number of aromatic nitrogens is 3. The summed E-state index contributed by atoms with van der Waals surface area (Å²) in [6, 6.07) is 10.7. The summed E-state index contributed by atoms with van der Waals surface area (Å²) in [5, 5.41) is 7.76. The van der Waals surface area contributed by atoms with Gasteiger partial charge in [0.1, 0.15) is 5.82 Å². The van der Waals surface area contributed by atoms with Crippen molar-refractivity contribution in [2.45, 2.75) is 25.8 Å². The summed E-state index contributed by atoms with van der Waals surface area (Å²) in [6.07, 6.45) is 6.09. The lowest BCUT2D eigenvalue weighted by molar-refractivity contribution is 1.06. The molecule has 2 N–H and O–H groups in total. The highest BCUT2D eigenvalue weighted by Crippen LogP contribution is 2.26. The monoisotopic (exact) mass is 291 g/mol. The molecule has 1 aromatic carbocycles. The molecule has 0 aliphatic heterocycles. The van der Waals surface area contributed by atoms with Crippen LogP contribution in [0, 0.1) is 6.92 Å². The van der Waals surface area contributed by atoms with Crippen molar-refractivity contribution in [2.75, 3.05) is 10.6 Å². The second kappa shape index (κ2) is 5.26. The summed E-state index contributed by atoms with van der Waals surface area (Å²) < 4.78 is 0. The molecule has 110 valence electrons. The van der Waals surface area contributed by atoms with Crippen molar-refractivity contribution in [1.82, 2.24) is 15.0 Å². The van der Waals surface area contributed by atoms with E-state index in [1.165, 1.54) is 12.8 Å². The van der Waals surface area contributed by atoms with Gasteiger partial charge in [-0.1, -0.05) is 18.2 Å². The Hall–Kier alpha value is -2.69. The third kappa shape index (κ3) is 2.70. The Bertz CT molecular complexity index is 826. The van der Waals surface area contributed by atoms with Gasteiger partial charge in [-0.15, -0.1) is 0 Å². The smallest absolute Gasteiger partial charge is 0.229 e. The molecule has 0 amide bonds. The van der Waals surface area contributed by atoms with E-state index in [4.69, 9.17) is 0 Å². The Morgan fingerprint density at radius 1 is 1.09 bits per heavy atom. The Balaban J connectivity index is 1.60. The predicted molar refractivity (Wildman–Crippen MR) is 88.4 cm³/mol. The van der Waals surface area contributed by atoms with Crippen molar-refractivity contribution >= 4 is 28.4 Å². The molecule has 0 atom stereocenters. The van der Waals surface area contributed by atoms with Crippen molar-refractivity contribution < 1.29 is 0 Å². The average Bonchev–Trinajstić information content (AvgIpc) is 3.35. The van der Waals surface area contributed by atoms with Crippen molar-refractivity contribution in [3.05, 3.63) is 48.3 Å². The minimum absolute atomic E-state index is 0.573. The molecule has 22 heavy (non-hydrogen) atoms. The van der Waals surface area contributed by atoms with Crippen LogP contribution in [0.1, 0.15) is 18.4 Å². The number of benzene rings is 1. The van der Waals surface area contributed by atoms with E-state index in [9.17, 15) is 0 Å². The highest BCUT2D eigenvalue weighted by Gasteiger charge is 2.22. The molecule has 2 heterocycles. The maximum absolute atomic E-state index is 4.57. The number of pyridine rings is 1. The first-order valence-corrected chi connectivity index (χ1v) is 7.50. The third-order valence-electron chi connectivity index (χ3n) is 3.74. The number of hydrogen-bond acceptors (Lipinski definition) is 5. The number of anilines is 3. The Morgan fingerprint density at radius 2 is 1.95 bits per heavy atom. The number of nitrogens with zero attached hydrogens (tertiary/aromatic N) is 3. The summed E-state index contributed by atoms with van der Waals surface area (Å²) in [5.74, 6) is 1.50. The van der Waals surface area contributed by atoms with Crippen LogP contribution in [-0.4, -0.2) is 21.0 Å². The molecule has 0 radical (unpaired) electrons. The summed E-state index contributed by atoms with van der Waals surface area (Å²) in [5.41, 5.74) is 2.93. The van der Waals surface area contributed by atoms with Crippen molar-refractivity contribution in [3.8, 4) is 0 Å². The van der Waals surface area contributed by atoms with Crippen LogP contribution in [0.15, 0.2) is 42.7 Å². The van der Waals surface area contributed by atoms with Crippen LogP contribution in [0.5, 0.6) is 0 Å². The van der Waals surface area contributed by atoms with E-state index in [1.54, 1.807) is 6.20 Å². The molecule has 3 aromatic rings. The molecular weight excluding hydrogens is 274 g/mol. The lowest BCUT2D eigenvalue weighted by Gasteiger charge is -2.10. The average molecular weight is 291 g/mol. The first-order valence-electron chi connectivity index (χ1n) is 7.50. The van der Waals surface area contributed by atoms with E-state index in [0.29, 0.717) is 12.0 Å². The lowest BCUT2D eigenvalue weighted by Crippen LogP contribution is -2.07. The predicted octanol–water partition coefficient (Wildman–Crippen LogP) is 3.65. The standard InChI is InChI=1S/C17H17N5/c1-11-9-19-17(22-16(11)20-13-6-7-13)21-14-8-12-4-2-3-5-15(12)18-10-14/h2-5,8-10,13H,6-7H2,1H3,(H2,19,20,21,22). The zero-order chi connectivity index (χ0) is 14.9. The van der Waals surface area contributed by atoms with Gasteiger partial charge in [0.2, 0.25) is 5.95 Å². The number of aryl methyl sites for hydroxylation is 1.